The van der Waals surface area contributed by atoms with Gasteiger partial charge in [-0.25, -0.2) is 17.6 Å². The number of amides is 1. The summed E-state index contributed by atoms with van der Waals surface area (Å²) in [4.78, 5) is 12.7. The van der Waals surface area contributed by atoms with E-state index >= 15 is 0 Å². The number of carbonyl (C=O) groups excluding carboxylic acids is 1. The predicted molar refractivity (Wildman–Crippen MR) is 85.3 cm³/mol. The standard InChI is InChI=1S/C17H14ClF4NO2/c1-2-3-6-25-10-7-12(19)16(13(20)8-10)14-5-4-11(18)17(24)23(14)9-15(21)22/h5,7-8,11,15H,4,6,9H2,1H3. The van der Waals surface area contributed by atoms with E-state index in [1.807, 2.05) is 0 Å². The highest BCUT2D eigenvalue weighted by atomic mass is 35.5. The molecule has 1 heterocycles. The van der Waals surface area contributed by atoms with Gasteiger partial charge in [0.1, 0.15) is 29.4 Å². The maximum Gasteiger partial charge on any atom is 0.256 e. The second kappa shape index (κ2) is 8.26. The fraction of sp³-hybridized carbons (Fsp3) is 0.353. The molecule has 0 saturated carbocycles. The molecule has 8 heteroatoms. The van der Waals surface area contributed by atoms with Gasteiger partial charge in [0.05, 0.1) is 17.8 Å². The van der Waals surface area contributed by atoms with Crippen molar-refractivity contribution >= 4 is 23.2 Å². The molecule has 0 fully saturated rings. The van der Waals surface area contributed by atoms with E-state index in [-0.39, 0.29) is 24.5 Å². The largest absolute Gasteiger partial charge is 0.481 e. The van der Waals surface area contributed by atoms with Crippen molar-refractivity contribution in [2.75, 3.05) is 13.2 Å². The van der Waals surface area contributed by atoms with Crippen LogP contribution in [-0.4, -0.2) is 35.8 Å². The van der Waals surface area contributed by atoms with Crippen LogP contribution in [0.1, 0.15) is 18.9 Å². The summed E-state index contributed by atoms with van der Waals surface area (Å²) < 4.78 is 59.4. The van der Waals surface area contributed by atoms with E-state index in [1.54, 1.807) is 6.92 Å². The highest BCUT2D eigenvalue weighted by molar-refractivity contribution is 6.31. The number of rotatable bonds is 5. The first kappa shape index (κ1) is 19.1. The first-order chi connectivity index (χ1) is 11.8. The minimum atomic E-state index is -2.88. The van der Waals surface area contributed by atoms with Crippen LogP contribution >= 0.6 is 11.6 Å². The van der Waals surface area contributed by atoms with Crippen molar-refractivity contribution < 1.29 is 27.1 Å². The number of hydrogen-bond acceptors (Lipinski definition) is 2. The van der Waals surface area contributed by atoms with Gasteiger partial charge in [0.2, 0.25) is 5.91 Å². The zero-order valence-electron chi connectivity index (χ0n) is 13.2. The van der Waals surface area contributed by atoms with Crippen LogP contribution in [-0.2, 0) is 4.79 Å². The summed E-state index contributed by atoms with van der Waals surface area (Å²) in [6.07, 6.45) is -1.62. The first-order valence-corrected chi connectivity index (χ1v) is 7.74. The van der Waals surface area contributed by atoms with Gasteiger partial charge < -0.3 is 9.64 Å². The van der Waals surface area contributed by atoms with Gasteiger partial charge in [-0.15, -0.1) is 17.5 Å². The van der Waals surface area contributed by atoms with Crippen LogP contribution in [0.25, 0.3) is 5.70 Å². The molecule has 1 atom stereocenters. The van der Waals surface area contributed by atoms with Gasteiger partial charge in [0.25, 0.3) is 6.43 Å². The number of allylic oxidation sites excluding steroid dienone is 1. The van der Waals surface area contributed by atoms with E-state index < -0.39 is 41.5 Å². The van der Waals surface area contributed by atoms with Crippen LogP contribution in [0.5, 0.6) is 5.75 Å². The third-order valence-corrected chi connectivity index (χ3v) is 3.79. The number of nitrogens with zero attached hydrogens (tertiary/aromatic N) is 1. The molecule has 1 unspecified atom stereocenters. The topological polar surface area (TPSA) is 29.5 Å². The Balaban J connectivity index is 2.40. The molecule has 1 aromatic carbocycles. The molecule has 0 spiro atoms. The van der Waals surface area contributed by atoms with Crippen molar-refractivity contribution in [2.45, 2.75) is 25.1 Å². The second-order valence-electron chi connectivity index (χ2n) is 5.11. The number of carbonyl (C=O) groups is 1. The summed E-state index contributed by atoms with van der Waals surface area (Å²) in [7, 11) is 0. The van der Waals surface area contributed by atoms with Gasteiger partial charge in [0, 0.05) is 12.1 Å². The number of ether oxygens (including phenoxy) is 1. The monoisotopic (exact) mass is 375 g/mol. The van der Waals surface area contributed by atoms with Crippen molar-refractivity contribution in [2.24, 2.45) is 0 Å². The lowest BCUT2D eigenvalue weighted by atomic mass is 10.0. The van der Waals surface area contributed by atoms with Gasteiger partial charge in [0.15, 0.2) is 0 Å². The third kappa shape index (κ3) is 4.45. The molecule has 25 heavy (non-hydrogen) atoms. The van der Waals surface area contributed by atoms with Crippen LogP contribution in [0, 0.1) is 23.5 Å². The molecular weight excluding hydrogens is 362 g/mol. The molecule has 0 bridgehead atoms. The van der Waals surface area contributed by atoms with E-state index in [0.717, 1.165) is 12.1 Å². The zero-order valence-corrected chi connectivity index (χ0v) is 13.9. The lowest BCUT2D eigenvalue weighted by Gasteiger charge is -2.31. The molecule has 2 rings (SSSR count). The summed E-state index contributed by atoms with van der Waals surface area (Å²) in [6.45, 7) is 0.528. The SMILES string of the molecule is CC#CCOc1cc(F)c(C2=CCC(Cl)C(=O)N2CC(F)F)c(F)c1. The average molecular weight is 376 g/mol. The summed E-state index contributed by atoms with van der Waals surface area (Å²) in [5.41, 5.74) is -0.844. The Morgan fingerprint density at radius 2 is 2.00 bits per heavy atom. The normalized spacial score (nSPS) is 17.2. The molecule has 1 aromatic rings. The summed E-state index contributed by atoms with van der Waals surface area (Å²) in [6, 6.07) is 1.82. The molecular formula is C17H14ClF4NO2. The van der Waals surface area contributed by atoms with Gasteiger partial charge in [-0.2, -0.15) is 0 Å². The molecule has 1 aliphatic rings. The number of halogens is 5. The smallest absolute Gasteiger partial charge is 0.256 e. The summed E-state index contributed by atoms with van der Waals surface area (Å²) in [5.74, 6) is 2.15. The molecule has 134 valence electrons. The summed E-state index contributed by atoms with van der Waals surface area (Å²) >= 11 is 5.77. The zero-order chi connectivity index (χ0) is 18.6. The van der Waals surface area contributed by atoms with E-state index in [2.05, 4.69) is 11.8 Å². The van der Waals surface area contributed by atoms with Gasteiger partial charge in [-0.1, -0.05) is 12.0 Å². The molecule has 0 N–H and O–H groups in total. The Morgan fingerprint density at radius 3 is 2.56 bits per heavy atom. The first-order valence-electron chi connectivity index (χ1n) is 7.30. The minimum Gasteiger partial charge on any atom is -0.481 e. The van der Waals surface area contributed by atoms with Crippen LogP contribution in [0.15, 0.2) is 18.2 Å². The van der Waals surface area contributed by atoms with E-state index in [0.29, 0.717) is 4.90 Å². The van der Waals surface area contributed by atoms with Crippen molar-refractivity contribution in [3.05, 3.63) is 35.4 Å². The van der Waals surface area contributed by atoms with Gasteiger partial charge in [-0.3, -0.25) is 4.79 Å². The van der Waals surface area contributed by atoms with Crippen LogP contribution < -0.4 is 4.74 Å². The predicted octanol–water partition coefficient (Wildman–Crippen LogP) is 3.81. The third-order valence-electron chi connectivity index (χ3n) is 3.42. The van der Waals surface area contributed by atoms with E-state index in [9.17, 15) is 22.4 Å². The van der Waals surface area contributed by atoms with Crippen molar-refractivity contribution in [3.8, 4) is 17.6 Å². The van der Waals surface area contributed by atoms with Gasteiger partial charge >= 0.3 is 0 Å². The number of hydrogen-bond donors (Lipinski definition) is 0. The fourth-order valence-corrected chi connectivity index (χ4v) is 2.55. The lowest BCUT2D eigenvalue weighted by molar-refractivity contribution is -0.129. The van der Waals surface area contributed by atoms with Crippen molar-refractivity contribution in [1.82, 2.24) is 4.90 Å². The van der Waals surface area contributed by atoms with Crippen LogP contribution in [0.4, 0.5) is 17.6 Å². The Morgan fingerprint density at radius 1 is 1.36 bits per heavy atom. The molecule has 3 nitrogen and oxygen atoms in total. The van der Waals surface area contributed by atoms with Crippen molar-refractivity contribution in [1.29, 1.82) is 0 Å². The van der Waals surface area contributed by atoms with Crippen LogP contribution in [0.3, 0.4) is 0 Å². The molecule has 1 aliphatic heterocycles. The van der Waals surface area contributed by atoms with Crippen LogP contribution in [0.2, 0.25) is 0 Å². The van der Waals surface area contributed by atoms with Gasteiger partial charge in [-0.05, 0) is 13.3 Å². The Labute approximate surface area is 147 Å². The molecule has 1 amide bonds. The molecule has 0 aliphatic carbocycles. The van der Waals surface area contributed by atoms with E-state index in [4.69, 9.17) is 16.3 Å². The second-order valence-corrected chi connectivity index (χ2v) is 5.64. The molecule has 0 aromatic heterocycles. The highest BCUT2D eigenvalue weighted by Gasteiger charge is 2.34. The fourth-order valence-electron chi connectivity index (χ4n) is 2.35. The maximum atomic E-state index is 14.4. The Bertz CT molecular complexity index is 732. The number of alkyl halides is 3. The molecule has 0 radical (unpaired) electrons. The van der Waals surface area contributed by atoms with E-state index in [1.165, 1.54) is 6.08 Å². The van der Waals surface area contributed by atoms with Crippen molar-refractivity contribution in [3.63, 3.8) is 0 Å². The Hall–Kier alpha value is -2.20. The average Bonchev–Trinajstić information content (AvgIpc) is 2.53. The number of benzene rings is 1. The summed E-state index contributed by atoms with van der Waals surface area (Å²) in [5, 5.41) is -1.05. The lowest BCUT2D eigenvalue weighted by Crippen LogP contribution is -2.41. The maximum absolute atomic E-state index is 14.4. The Kier molecular flexibility index (Phi) is 6.32. The highest BCUT2D eigenvalue weighted by Crippen LogP contribution is 2.33. The molecule has 0 saturated heterocycles. The minimum absolute atomic E-state index is 0.0152. The quantitative estimate of drug-likeness (QED) is 0.445.